The monoisotopic (exact) mass is 646 g/mol. The Hall–Kier alpha value is -2.95. The first-order valence-electron chi connectivity index (χ1n) is 11.1. The highest BCUT2D eigenvalue weighted by Crippen LogP contribution is 2.38. The maximum Gasteiger partial charge on any atom is 0.294 e. The van der Waals surface area contributed by atoms with E-state index in [4.69, 9.17) is 4.74 Å². The zero-order chi connectivity index (χ0) is 26.7. The van der Waals surface area contributed by atoms with Crippen LogP contribution in [0.1, 0.15) is 22.3 Å². The lowest BCUT2D eigenvalue weighted by molar-refractivity contribution is -0.127. The molecule has 4 rings (SSSR count). The average molecular weight is 648 g/mol. The van der Waals surface area contributed by atoms with E-state index in [1.54, 1.807) is 36.4 Å². The minimum absolute atomic E-state index is 0.211. The van der Waals surface area contributed by atoms with Crippen molar-refractivity contribution in [3.63, 3.8) is 0 Å². The van der Waals surface area contributed by atoms with Crippen molar-refractivity contribution >= 4 is 72.4 Å². The number of carbonyl (C=O) groups excluding carboxylic acids is 3. The van der Waals surface area contributed by atoms with Crippen LogP contribution in [0.5, 0.6) is 5.75 Å². The normalized spacial score (nSPS) is 14.4. The lowest BCUT2D eigenvalue weighted by Crippen LogP contribution is -2.36. The number of ether oxygens (including phenoxy) is 1. The maximum atomic E-state index is 13.1. The number of hydrogen-bond acceptors (Lipinski definition) is 5. The van der Waals surface area contributed by atoms with Gasteiger partial charge in [-0.1, -0.05) is 29.8 Å². The van der Waals surface area contributed by atoms with Crippen LogP contribution in [0.3, 0.4) is 0 Å². The van der Waals surface area contributed by atoms with Crippen LogP contribution in [0.25, 0.3) is 6.08 Å². The summed E-state index contributed by atoms with van der Waals surface area (Å²) in [5, 5.41) is 2.25. The van der Waals surface area contributed by atoms with E-state index in [0.29, 0.717) is 25.9 Å². The van der Waals surface area contributed by atoms with Crippen molar-refractivity contribution in [1.29, 1.82) is 0 Å². The molecule has 0 atom stereocenters. The van der Waals surface area contributed by atoms with Crippen LogP contribution >= 0.6 is 43.6 Å². The molecule has 1 aliphatic rings. The largest absolute Gasteiger partial charge is 0.487 e. The summed E-state index contributed by atoms with van der Waals surface area (Å²) in [6.45, 7) is 3.69. The molecule has 0 spiro atoms. The Labute approximate surface area is 234 Å². The first-order valence-corrected chi connectivity index (χ1v) is 13.5. The van der Waals surface area contributed by atoms with Gasteiger partial charge in [0.05, 0.1) is 13.9 Å². The van der Waals surface area contributed by atoms with E-state index in [-0.39, 0.29) is 23.9 Å². The zero-order valence-corrected chi connectivity index (χ0v) is 23.8. The number of imide groups is 1. The summed E-state index contributed by atoms with van der Waals surface area (Å²) >= 11 is 7.74. The fraction of sp³-hybridized carbons (Fsp3) is 0.148. The predicted octanol–water partition coefficient (Wildman–Crippen LogP) is 7.22. The van der Waals surface area contributed by atoms with Crippen molar-refractivity contribution < 1.29 is 23.5 Å². The van der Waals surface area contributed by atoms with E-state index >= 15 is 0 Å². The van der Waals surface area contributed by atoms with Crippen LogP contribution < -0.4 is 10.1 Å². The van der Waals surface area contributed by atoms with Crippen LogP contribution in [0.15, 0.2) is 68.4 Å². The smallest absolute Gasteiger partial charge is 0.294 e. The van der Waals surface area contributed by atoms with Gasteiger partial charge in [-0.05, 0) is 111 Å². The number of benzene rings is 3. The van der Waals surface area contributed by atoms with Gasteiger partial charge in [0.15, 0.2) is 0 Å². The topological polar surface area (TPSA) is 75.7 Å². The minimum atomic E-state index is -0.533. The van der Waals surface area contributed by atoms with Crippen LogP contribution in [0.2, 0.25) is 0 Å². The molecule has 1 saturated heterocycles. The van der Waals surface area contributed by atoms with Crippen molar-refractivity contribution in [3.05, 3.63) is 96.5 Å². The number of halogens is 3. The predicted molar refractivity (Wildman–Crippen MR) is 150 cm³/mol. The molecule has 10 heteroatoms. The summed E-state index contributed by atoms with van der Waals surface area (Å²) in [4.78, 5) is 39.1. The molecule has 1 aliphatic heterocycles. The van der Waals surface area contributed by atoms with E-state index in [0.717, 1.165) is 33.4 Å². The van der Waals surface area contributed by atoms with Gasteiger partial charge in [0.25, 0.3) is 11.1 Å². The highest BCUT2D eigenvalue weighted by Gasteiger charge is 2.36. The van der Waals surface area contributed by atoms with Crippen molar-refractivity contribution in [2.45, 2.75) is 20.5 Å². The quantitative estimate of drug-likeness (QED) is 0.274. The van der Waals surface area contributed by atoms with Gasteiger partial charge in [-0.25, -0.2) is 4.39 Å². The fourth-order valence-electron chi connectivity index (χ4n) is 3.61. The molecule has 0 aromatic heterocycles. The molecule has 3 amide bonds. The highest BCUT2D eigenvalue weighted by atomic mass is 79.9. The Kier molecular flexibility index (Phi) is 8.51. The molecule has 1 heterocycles. The number of amides is 3. The molecular weight excluding hydrogens is 627 g/mol. The first-order chi connectivity index (χ1) is 17.6. The fourth-order valence-corrected chi connectivity index (χ4v) is 5.90. The highest BCUT2D eigenvalue weighted by molar-refractivity contribution is 9.11. The van der Waals surface area contributed by atoms with Gasteiger partial charge in [0.2, 0.25) is 5.91 Å². The van der Waals surface area contributed by atoms with E-state index in [1.807, 2.05) is 26.0 Å². The molecular formula is C27H21Br2FN2O4S. The minimum Gasteiger partial charge on any atom is -0.487 e. The summed E-state index contributed by atoms with van der Waals surface area (Å²) in [5.74, 6) is -0.766. The molecule has 3 aromatic rings. The molecule has 0 saturated carbocycles. The molecule has 0 bridgehead atoms. The van der Waals surface area contributed by atoms with Gasteiger partial charge in [0, 0.05) is 5.69 Å². The number of rotatable bonds is 7. The Balaban J connectivity index is 1.43. The van der Waals surface area contributed by atoms with Crippen LogP contribution in [0, 0.1) is 19.7 Å². The summed E-state index contributed by atoms with van der Waals surface area (Å²) < 4.78 is 20.2. The molecule has 3 aromatic carbocycles. The van der Waals surface area contributed by atoms with Gasteiger partial charge in [-0.15, -0.1) is 0 Å². The lowest BCUT2D eigenvalue weighted by Gasteiger charge is -2.14. The molecule has 0 aliphatic carbocycles. The Bertz CT molecular complexity index is 1400. The summed E-state index contributed by atoms with van der Waals surface area (Å²) in [6, 6.07) is 15.1. The first kappa shape index (κ1) is 27.1. The molecule has 6 nitrogen and oxygen atoms in total. The molecule has 37 heavy (non-hydrogen) atoms. The second-order valence-electron chi connectivity index (χ2n) is 8.36. The zero-order valence-electron chi connectivity index (χ0n) is 19.8. The van der Waals surface area contributed by atoms with Crippen molar-refractivity contribution in [2.75, 3.05) is 11.9 Å². The van der Waals surface area contributed by atoms with E-state index in [1.165, 1.54) is 12.1 Å². The summed E-state index contributed by atoms with van der Waals surface area (Å²) in [6.07, 6.45) is 1.59. The van der Waals surface area contributed by atoms with Crippen molar-refractivity contribution in [2.24, 2.45) is 0 Å². The van der Waals surface area contributed by atoms with Gasteiger partial charge >= 0.3 is 0 Å². The number of thioether (sulfide) groups is 1. The number of hydrogen-bond donors (Lipinski definition) is 1. The Morgan fingerprint density at radius 2 is 1.73 bits per heavy atom. The maximum absolute atomic E-state index is 13.1. The van der Waals surface area contributed by atoms with E-state index in [9.17, 15) is 18.8 Å². The third kappa shape index (κ3) is 6.68. The molecule has 0 radical (unpaired) electrons. The van der Waals surface area contributed by atoms with Crippen LogP contribution in [-0.4, -0.2) is 28.5 Å². The Morgan fingerprint density at radius 3 is 2.38 bits per heavy atom. The summed E-state index contributed by atoms with van der Waals surface area (Å²) in [7, 11) is 0. The number of carbonyl (C=O) groups is 3. The third-order valence-electron chi connectivity index (χ3n) is 5.45. The number of nitrogens with zero attached hydrogens (tertiary/aromatic N) is 1. The Morgan fingerprint density at radius 1 is 1.05 bits per heavy atom. The van der Waals surface area contributed by atoms with Gasteiger partial charge in [-0.3, -0.25) is 19.3 Å². The lowest BCUT2D eigenvalue weighted by atomic mass is 10.1. The summed E-state index contributed by atoms with van der Waals surface area (Å²) in [5.41, 5.74) is 4.05. The number of nitrogens with one attached hydrogen (secondary N) is 1. The van der Waals surface area contributed by atoms with Crippen molar-refractivity contribution in [3.8, 4) is 5.75 Å². The second kappa shape index (κ2) is 11.6. The standard InChI is InChI=1S/C27H21Br2FN2O4S/c1-15-3-8-22(16(2)9-15)31-24(33)13-32-26(34)23(37-27(32)35)12-18-10-20(28)25(21(29)11-18)36-14-17-4-6-19(30)7-5-17/h3-12H,13-14H2,1-2H3,(H,31,33)/b23-12+. The van der Waals surface area contributed by atoms with Gasteiger partial charge < -0.3 is 10.1 Å². The van der Waals surface area contributed by atoms with Crippen LogP contribution in [0.4, 0.5) is 14.9 Å². The number of anilines is 1. The van der Waals surface area contributed by atoms with Crippen molar-refractivity contribution in [1.82, 2.24) is 4.90 Å². The van der Waals surface area contributed by atoms with Gasteiger partial charge in [-0.2, -0.15) is 0 Å². The van der Waals surface area contributed by atoms with Crippen LogP contribution in [-0.2, 0) is 16.2 Å². The average Bonchev–Trinajstić information content (AvgIpc) is 3.08. The molecule has 0 unspecified atom stereocenters. The second-order valence-corrected chi connectivity index (χ2v) is 11.1. The number of aryl methyl sites for hydroxylation is 2. The SMILES string of the molecule is Cc1ccc(NC(=O)CN2C(=O)S/C(=C/c3cc(Br)c(OCc4ccc(F)cc4)c(Br)c3)C2=O)c(C)c1. The van der Waals surface area contributed by atoms with E-state index < -0.39 is 17.1 Å². The molecule has 190 valence electrons. The van der Waals surface area contributed by atoms with E-state index in [2.05, 4.69) is 37.2 Å². The molecule has 1 fully saturated rings. The molecule has 1 N–H and O–H groups in total. The third-order valence-corrected chi connectivity index (χ3v) is 7.53. The van der Waals surface area contributed by atoms with Gasteiger partial charge in [0.1, 0.15) is 24.7 Å².